The molecule has 4 aromatic rings. The first-order valence-electron chi connectivity index (χ1n) is 17.7. The molecule has 7 rings (SSSR count). The van der Waals surface area contributed by atoms with Crippen molar-refractivity contribution in [2.24, 2.45) is 0 Å². The number of likely N-dealkylation sites (N-methyl/N-ethyl adjacent to an activating group) is 2. The average molecular weight is 715 g/mol. The van der Waals surface area contributed by atoms with E-state index in [4.69, 9.17) is 0 Å². The SMILES string of the molecule is CN1CCN(c2cccc(CC(=O)Nc3nnc([C@H]4CCC[C@H](c5nnc(NC(=O)Cc6cccc(N7CCN(C)CC7)c6)s5)C4)s3)c2)CC1. The fourth-order valence-corrected chi connectivity index (χ4v) is 8.91. The number of carbonyl (C=O) groups is 2. The molecule has 2 N–H and O–H groups in total. The number of carbonyl (C=O) groups excluding carboxylic acids is 2. The van der Waals surface area contributed by atoms with Crippen LogP contribution in [0.4, 0.5) is 21.6 Å². The largest absolute Gasteiger partial charge is 0.369 e. The predicted molar refractivity (Wildman–Crippen MR) is 201 cm³/mol. The Morgan fingerprint density at radius 1 is 0.660 bits per heavy atom. The molecule has 264 valence electrons. The topological polar surface area (TPSA) is 123 Å². The summed E-state index contributed by atoms with van der Waals surface area (Å²) in [5, 5.41) is 26.5. The maximum atomic E-state index is 13.0. The second-order valence-electron chi connectivity index (χ2n) is 13.8. The molecule has 0 spiro atoms. The lowest BCUT2D eigenvalue weighted by Gasteiger charge is -2.34. The first-order chi connectivity index (χ1) is 24.3. The van der Waals surface area contributed by atoms with Gasteiger partial charge in [-0.1, -0.05) is 53.4 Å². The highest BCUT2D eigenvalue weighted by molar-refractivity contribution is 7.15. The Morgan fingerprint density at radius 2 is 1.10 bits per heavy atom. The Labute approximate surface area is 301 Å². The minimum Gasteiger partial charge on any atom is -0.369 e. The Bertz CT molecular complexity index is 1640. The summed E-state index contributed by atoms with van der Waals surface area (Å²) in [5.74, 6) is 0.310. The van der Waals surface area contributed by atoms with Crippen LogP contribution in [-0.2, 0) is 22.4 Å². The predicted octanol–water partition coefficient (Wildman–Crippen LogP) is 4.70. The van der Waals surface area contributed by atoms with Gasteiger partial charge in [0.25, 0.3) is 0 Å². The summed E-state index contributed by atoms with van der Waals surface area (Å²) in [6.07, 6.45) is 4.57. The lowest BCUT2D eigenvalue weighted by atomic mass is 9.82. The van der Waals surface area contributed by atoms with E-state index in [1.165, 1.54) is 34.0 Å². The summed E-state index contributed by atoms with van der Waals surface area (Å²) in [6.45, 7) is 8.13. The average Bonchev–Trinajstić information content (AvgIpc) is 3.79. The van der Waals surface area contributed by atoms with Gasteiger partial charge in [0.2, 0.25) is 22.1 Å². The minimum atomic E-state index is -0.0871. The van der Waals surface area contributed by atoms with Crippen molar-refractivity contribution in [1.82, 2.24) is 30.2 Å². The zero-order valence-electron chi connectivity index (χ0n) is 28.9. The van der Waals surface area contributed by atoms with Gasteiger partial charge in [0.15, 0.2) is 0 Å². The summed E-state index contributed by atoms with van der Waals surface area (Å²) in [7, 11) is 4.30. The molecule has 2 aromatic heterocycles. The number of rotatable bonds is 10. The highest BCUT2D eigenvalue weighted by Crippen LogP contribution is 2.43. The molecule has 14 heteroatoms. The number of piperazine rings is 2. The smallest absolute Gasteiger partial charge is 0.230 e. The van der Waals surface area contributed by atoms with Crippen LogP contribution < -0.4 is 20.4 Å². The van der Waals surface area contributed by atoms with Gasteiger partial charge in [-0.15, -0.1) is 20.4 Å². The van der Waals surface area contributed by atoms with E-state index < -0.39 is 0 Å². The molecule has 2 aliphatic heterocycles. The van der Waals surface area contributed by atoms with E-state index in [9.17, 15) is 9.59 Å². The van der Waals surface area contributed by atoms with Crippen LogP contribution in [0.3, 0.4) is 0 Å². The molecule has 3 aliphatic rings. The van der Waals surface area contributed by atoms with E-state index in [2.05, 4.69) is 89.0 Å². The molecule has 2 amide bonds. The van der Waals surface area contributed by atoms with Crippen molar-refractivity contribution in [1.29, 1.82) is 0 Å². The quantitative estimate of drug-likeness (QED) is 0.239. The van der Waals surface area contributed by atoms with Crippen LogP contribution in [0.2, 0.25) is 0 Å². The normalized spacial score (nSPS) is 20.5. The van der Waals surface area contributed by atoms with Crippen molar-refractivity contribution >= 4 is 56.1 Å². The summed E-state index contributed by atoms with van der Waals surface area (Å²) in [6, 6.07) is 16.6. The number of aromatic nitrogens is 4. The number of hydrogen-bond donors (Lipinski definition) is 2. The Balaban J connectivity index is 0.895. The van der Waals surface area contributed by atoms with Crippen LogP contribution in [0, 0.1) is 0 Å². The second kappa shape index (κ2) is 15.9. The van der Waals surface area contributed by atoms with Crippen LogP contribution in [0.5, 0.6) is 0 Å². The first kappa shape index (κ1) is 34.5. The number of anilines is 4. The standard InChI is InChI=1S/C36H46N10O2S2/c1-43-12-16-45(17-13-43)29-10-3-6-25(20-29)22-31(47)37-35-41-39-33(49-35)27-8-5-9-28(24-27)34-40-42-36(50-34)38-32(48)23-26-7-4-11-30(21-26)46-18-14-44(2)15-19-46/h3-4,6-7,10-11,20-21,27-28H,5,8-9,12-19,22-24H2,1-2H3,(H,37,41,47)(H,38,42,48)/t27-,28-/m0/s1. The molecule has 50 heavy (non-hydrogen) atoms. The van der Waals surface area contributed by atoms with Crippen molar-refractivity contribution in [2.75, 3.05) is 86.9 Å². The molecule has 12 nitrogen and oxygen atoms in total. The number of hydrogen-bond acceptors (Lipinski definition) is 12. The van der Waals surface area contributed by atoms with E-state index in [0.29, 0.717) is 23.1 Å². The molecule has 1 aliphatic carbocycles. The molecule has 0 bridgehead atoms. The molecule has 1 saturated carbocycles. The minimum absolute atomic E-state index is 0.0871. The van der Waals surface area contributed by atoms with Gasteiger partial charge in [0.1, 0.15) is 10.0 Å². The van der Waals surface area contributed by atoms with E-state index in [1.807, 2.05) is 24.3 Å². The zero-order valence-corrected chi connectivity index (χ0v) is 30.5. The van der Waals surface area contributed by atoms with Crippen molar-refractivity contribution < 1.29 is 9.59 Å². The van der Waals surface area contributed by atoms with Crippen LogP contribution in [0.1, 0.15) is 58.7 Å². The lowest BCUT2D eigenvalue weighted by Crippen LogP contribution is -2.44. The van der Waals surface area contributed by atoms with E-state index in [-0.39, 0.29) is 23.7 Å². The molecule has 0 unspecified atom stereocenters. The van der Waals surface area contributed by atoms with E-state index in [1.54, 1.807) is 0 Å². The van der Waals surface area contributed by atoms with Gasteiger partial charge in [0.05, 0.1) is 12.8 Å². The van der Waals surface area contributed by atoms with Crippen LogP contribution in [-0.4, -0.2) is 108 Å². The zero-order chi connectivity index (χ0) is 34.5. The maximum Gasteiger partial charge on any atom is 0.230 e. The van der Waals surface area contributed by atoms with Gasteiger partial charge >= 0.3 is 0 Å². The molecule has 2 atom stereocenters. The molecular formula is C36H46N10O2S2. The van der Waals surface area contributed by atoms with Gasteiger partial charge in [0, 0.05) is 75.6 Å². The highest BCUT2D eigenvalue weighted by atomic mass is 32.1. The fraction of sp³-hybridized carbons (Fsp3) is 0.500. The lowest BCUT2D eigenvalue weighted by molar-refractivity contribution is -0.116. The third-order valence-electron chi connectivity index (χ3n) is 10.0. The first-order valence-corrected chi connectivity index (χ1v) is 19.3. The Morgan fingerprint density at radius 3 is 1.54 bits per heavy atom. The van der Waals surface area contributed by atoms with Crippen molar-refractivity contribution in [3.05, 3.63) is 69.7 Å². The van der Waals surface area contributed by atoms with Gasteiger partial charge in [-0.2, -0.15) is 0 Å². The van der Waals surface area contributed by atoms with Gasteiger partial charge in [-0.05, 0) is 68.8 Å². The molecule has 0 radical (unpaired) electrons. The summed E-state index contributed by atoms with van der Waals surface area (Å²) in [4.78, 5) is 35.4. The number of benzene rings is 2. The van der Waals surface area contributed by atoms with Crippen LogP contribution in [0.15, 0.2) is 48.5 Å². The van der Waals surface area contributed by atoms with Crippen LogP contribution >= 0.6 is 22.7 Å². The molecule has 2 saturated heterocycles. The van der Waals surface area contributed by atoms with Crippen molar-refractivity contribution in [3.63, 3.8) is 0 Å². The summed E-state index contributed by atoms with van der Waals surface area (Å²) >= 11 is 2.93. The fourth-order valence-electron chi connectivity index (χ4n) is 7.09. The van der Waals surface area contributed by atoms with Crippen molar-refractivity contribution in [2.45, 2.75) is 50.4 Å². The highest BCUT2D eigenvalue weighted by Gasteiger charge is 2.30. The molecule has 3 fully saturated rings. The number of nitrogens with one attached hydrogen (secondary N) is 2. The van der Waals surface area contributed by atoms with Crippen LogP contribution in [0.25, 0.3) is 0 Å². The van der Waals surface area contributed by atoms with Gasteiger partial charge < -0.3 is 30.2 Å². The third kappa shape index (κ3) is 8.84. The molecule has 4 heterocycles. The third-order valence-corrected chi connectivity index (χ3v) is 12.0. The molecule has 2 aromatic carbocycles. The Kier molecular flexibility index (Phi) is 11.0. The van der Waals surface area contributed by atoms with Gasteiger partial charge in [-0.25, -0.2) is 0 Å². The molecular weight excluding hydrogens is 669 g/mol. The van der Waals surface area contributed by atoms with Gasteiger partial charge in [-0.3, -0.25) is 9.59 Å². The van der Waals surface area contributed by atoms with E-state index >= 15 is 0 Å². The second-order valence-corrected chi connectivity index (χ2v) is 15.8. The number of nitrogens with zero attached hydrogens (tertiary/aromatic N) is 8. The van der Waals surface area contributed by atoms with Crippen molar-refractivity contribution in [3.8, 4) is 0 Å². The Hall–Kier alpha value is -3.98. The summed E-state index contributed by atoms with van der Waals surface area (Å²) < 4.78 is 0. The summed E-state index contributed by atoms with van der Waals surface area (Å²) in [5.41, 5.74) is 4.31. The maximum absolute atomic E-state index is 13.0. The number of amides is 2. The van der Waals surface area contributed by atoms with E-state index in [0.717, 1.165) is 99.2 Å². The monoisotopic (exact) mass is 714 g/mol.